The number of rotatable bonds is 0. The van der Waals surface area contributed by atoms with Gasteiger partial charge in [0, 0.05) is 0 Å². The molecule has 1 aliphatic rings. The van der Waals surface area contributed by atoms with E-state index in [9.17, 15) is 8.42 Å². The molecular weight excluding hydrogens is 178 g/mol. The molecule has 62 valence electrons. The van der Waals surface area contributed by atoms with Crippen molar-refractivity contribution in [2.45, 2.75) is 4.90 Å². The largest absolute Gasteiger partial charge is 0.280 e. The molecule has 1 aromatic rings. The maximum absolute atomic E-state index is 11.4. The highest BCUT2D eigenvalue weighted by Gasteiger charge is 2.20. The van der Waals surface area contributed by atoms with Crippen LogP contribution < -0.4 is 4.82 Å². The second kappa shape index (κ2) is 2.28. The van der Waals surface area contributed by atoms with E-state index in [1.54, 1.807) is 12.1 Å². The molecule has 1 heterocycles. The summed E-state index contributed by atoms with van der Waals surface area (Å²) in [6.07, 6.45) is 0. The van der Waals surface area contributed by atoms with Gasteiger partial charge in [-0.15, -0.1) is 5.11 Å². The molecule has 0 amide bonds. The lowest BCUT2D eigenvalue weighted by Gasteiger charge is -2.08. The van der Waals surface area contributed by atoms with Gasteiger partial charge in [-0.1, -0.05) is 17.4 Å². The van der Waals surface area contributed by atoms with Crippen LogP contribution in [0.25, 0.3) is 0 Å². The van der Waals surface area contributed by atoms with Gasteiger partial charge < -0.3 is 0 Å². The van der Waals surface area contributed by atoms with Crippen molar-refractivity contribution >= 4 is 15.7 Å². The normalized spacial score (nSPS) is 20.0. The number of nitrogens with one attached hydrogen (secondary N) is 1. The van der Waals surface area contributed by atoms with E-state index in [1.165, 1.54) is 12.1 Å². The minimum atomic E-state index is -3.78. The van der Waals surface area contributed by atoms with E-state index in [2.05, 4.69) is 10.3 Å². The lowest BCUT2D eigenvalue weighted by molar-refractivity contribution is 0.578. The summed E-state index contributed by atoms with van der Waals surface area (Å²) in [6.45, 7) is 0. The molecule has 0 aromatic heterocycles. The lowest BCUT2D eigenvalue weighted by atomic mass is 10.3. The summed E-state index contributed by atoms with van der Waals surface area (Å²) >= 11 is 0. The Morgan fingerprint density at radius 2 is 2.17 bits per heavy atom. The van der Waals surface area contributed by atoms with E-state index in [1.807, 2.05) is 0 Å². The van der Waals surface area contributed by atoms with Gasteiger partial charge in [0.25, 0.3) is 10.0 Å². The first-order chi connectivity index (χ1) is 6.12. The van der Waals surface area contributed by atoms with Crippen LogP contribution in [-0.4, -0.2) is 8.42 Å². The molecule has 0 atom stereocenters. The Hall–Kier alpha value is -1.43. The minimum absolute atomic E-state index is 0.0139. The highest BCUT2D eigenvalue weighted by Crippen LogP contribution is 2.26. The van der Waals surface area contributed by atoms with Crippen LogP contribution in [0, 0.1) is 0 Å². The van der Waals surface area contributed by atoms with E-state index in [0.717, 1.165) is 0 Å². The maximum Gasteiger partial charge on any atom is 0.280 e. The summed E-state index contributed by atoms with van der Waals surface area (Å²) in [4.78, 5) is 0.120. The van der Waals surface area contributed by atoms with Gasteiger partial charge in [-0.05, 0) is 12.1 Å². The zero-order valence-corrected chi connectivity index (χ0v) is 6.69. The number of benzene rings is 1. The van der Waals surface area contributed by atoms with Crippen molar-refractivity contribution in [2.24, 2.45) is 10.3 Å². The Morgan fingerprint density at radius 3 is 3.00 bits per heavy atom. The molecule has 0 spiro atoms. The first kappa shape index (κ1) is 6.13. The van der Waals surface area contributed by atoms with Crippen LogP contribution >= 0.6 is 0 Å². The van der Waals surface area contributed by atoms with Crippen LogP contribution in [0.1, 0.15) is 0 Å². The van der Waals surface area contributed by atoms with Crippen molar-refractivity contribution in [1.82, 2.24) is 4.82 Å². The van der Waals surface area contributed by atoms with Crippen molar-refractivity contribution < 1.29 is 9.83 Å². The van der Waals surface area contributed by atoms with Gasteiger partial charge in [-0.3, -0.25) is 0 Å². The molecule has 1 N–H and O–H groups in total. The van der Waals surface area contributed by atoms with Crippen molar-refractivity contribution in [2.75, 3.05) is 0 Å². The molecule has 2 rings (SSSR count). The number of hydrogen-bond acceptors (Lipinski definition) is 4. The third kappa shape index (κ3) is 0.964. The zero-order valence-electron chi connectivity index (χ0n) is 6.88. The zero-order chi connectivity index (χ0) is 9.47. The van der Waals surface area contributed by atoms with Gasteiger partial charge >= 0.3 is 0 Å². The second-order valence-electron chi connectivity index (χ2n) is 2.21. The number of hydrogen-bond donors (Lipinski definition) is 1. The molecule has 0 radical (unpaired) electrons. The molecule has 0 saturated heterocycles. The molecule has 12 heavy (non-hydrogen) atoms. The van der Waals surface area contributed by atoms with Crippen molar-refractivity contribution in [3.63, 3.8) is 0 Å². The van der Waals surface area contributed by atoms with Crippen LogP contribution in [0.5, 0.6) is 0 Å². The van der Waals surface area contributed by atoms with Gasteiger partial charge in [-0.2, -0.15) is 13.2 Å². The standard InChI is InChI=1S/C6H5N3O2S/c10-12(11)6-4-2-1-3-5(6)7-8-9-12/h1-4H,(H,7,9)/i/hT. The summed E-state index contributed by atoms with van der Waals surface area (Å²) in [6, 6.07) is 6.16. The highest BCUT2D eigenvalue weighted by atomic mass is 32.2. The summed E-state index contributed by atoms with van der Waals surface area (Å²) in [7, 11) is -3.78. The topological polar surface area (TPSA) is 70.9 Å². The van der Waals surface area contributed by atoms with Crippen LogP contribution in [0.2, 0.25) is 1.41 Å². The molecule has 0 bridgehead atoms. The third-order valence-corrected chi connectivity index (χ3v) is 2.63. The molecule has 0 aliphatic carbocycles. The average Bonchev–Trinajstić information content (AvgIpc) is 2.13. The lowest BCUT2D eigenvalue weighted by Crippen LogP contribution is -2.19. The van der Waals surface area contributed by atoms with Gasteiger partial charge in [-0.25, -0.2) is 0 Å². The molecule has 6 heteroatoms. The second-order valence-corrected chi connectivity index (χ2v) is 3.77. The van der Waals surface area contributed by atoms with Crippen molar-refractivity contribution in [3.8, 4) is 0 Å². The molecule has 1 aliphatic heterocycles. The van der Waals surface area contributed by atoms with Crippen LogP contribution in [0.4, 0.5) is 5.69 Å². The molecule has 1 aromatic carbocycles. The van der Waals surface area contributed by atoms with E-state index in [4.69, 9.17) is 1.41 Å². The van der Waals surface area contributed by atoms with Gasteiger partial charge in [0.15, 0.2) is 0 Å². The molecule has 0 unspecified atom stereocenters. The highest BCUT2D eigenvalue weighted by molar-refractivity contribution is 7.89. The molecule has 5 nitrogen and oxygen atoms in total. The van der Waals surface area contributed by atoms with Gasteiger partial charge in [0.2, 0.25) is 1.41 Å². The number of sulfonamides is 1. The summed E-state index contributed by atoms with van der Waals surface area (Å²) in [5.41, 5.74) is 0.269. The quantitative estimate of drug-likeness (QED) is 0.654. The predicted octanol–water partition coefficient (Wildman–Crippen LogP) is 0.977. The van der Waals surface area contributed by atoms with E-state index in [-0.39, 0.29) is 15.4 Å². The van der Waals surface area contributed by atoms with Crippen LogP contribution in [0.3, 0.4) is 0 Å². The van der Waals surface area contributed by atoms with Gasteiger partial charge in [0.1, 0.15) is 10.6 Å². The molecule has 0 saturated carbocycles. The first-order valence-corrected chi connectivity index (χ1v) is 4.61. The minimum Gasteiger partial charge on any atom is -0.200 e. The summed E-state index contributed by atoms with van der Waals surface area (Å²) in [5.74, 6) is 0. The van der Waals surface area contributed by atoms with Crippen molar-refractivity contribution in [3.05, 3.63) is 24.3 Å². The van der Waals surface area contributed by atoms with Crippen LogP contribution in [-0.2, 0) is 10.0 Å². The Morgan fingerprint density at radius 1 is 1.42 bits per heavy atom. The molecule has 0 fully saturated rings. The molecular formula is C6H5N3O2S. The fraction of sp³-hybridized carbons (Fsp3) is 0. The Balaban J connectivity index is 2.76. The summed E-state index contributed by atoms with van der Waals surface area (Å²) < 4.78 is 29.8. The van der Waals surface area contributed by atoms with Crippen LogP contribution in [0.15, 0.2) is 39.5 Å². The fourth-order valence-corrected chi connectivity index (χ4v) is 1.76. The smallest absolute Gasteiger partial charge is 0.200 e. The number of nitrogens with zero attached hydrogens (tertiary/aromatic N) is 2. The monoisotopic (exact) mass is 185 g/mol. The van der Waals surface area contributed by atoms with E-state index >= 15 is 0 Å². The van der Waals surface area contributed by atoms with Gasteiger partial charge in [0.05, 0.1) is 0 Å². The fourth-order valence-electron chi connectivity index (χ4n) is 0.916. The Labute approximate surface area is 70.6 Å². The van der Waals surface area contributed by atoms with E-state index in [0.29, 0.717) is 0 Å². The maximum atomic E-state index is 11.4. The number of fused-ring (bicyclic) bond motifs is 1. The first-order valence-electron chi connectivity index (χ1n) is 3.62. The third-order valence-electron chi connectivity index (χ3n) is 1.44. The predicted molar refractivity (Wildman–Crippen MR) is 41.3 cm³/mol. The Kier molecular flexibility index (Phi) is 1.16. The average molecular weight is 185 g/mol. The SMILES string of the molecule is [3H]N1N=Nc2ccccc2S1(=O)=O. The Bertz CT molecular complexity index is 471. The summed E-state index contributed by atoms with van der Waals surface area (Å²) in [5, 5.41) is 6.71. The van der Waals surface area contributed by atoms with Crippen molar-refractivity contribution in [1.29, 1.82) is 0 Å². The van der Waals surface area contributed by atoms with E-state index < -0.39 is 10.0 Å².